The van der Waals surface area contributed by atoms with E-state index in [-0.39, 0.29) is 11.6 Å². The number of benzene rings is 3. The van der Waals surface area contributed by atoms with Gasteiger partial charge in [0, 0.05) is 39.1 Å². The van der Waals surface area contributed by atoms with E-state index in [0.29, 0.717) is 12.1 Å². The molecule has 0 aliphatic rings. The van der Waals surface area contributed by atoms with Gasteiger partial charge in [0.2, 0.25) is 0 Å². The highest BCUT2D eigenvalue weighted by Gasteiger charge is 2.12. The molecule has 0 spiro atoms. The van der Waals surface area contributed by atoms with Crippen LogP contribution in [-0.2, 0) is 6.54 Å². The van der Waals surface area contributed by atoms with Gasteiger partial charge in [-0.3, -0.25) is 4.79 Å². The zero-order valence-corrected chi connectivity index (χ0v) is 18.3. The predicted octanol–water partition coefficient (Wildman–Crippen LogP) is 6.10. The minimum Gasteiger partial charge on any atom is -0.451 e. The highest BCUT2D eigenvalue weighted by atomic mass is 79.9. The van der Waals surface area contributed by atoms with E-state index >= 15 is 0 Å². The molecule has 0 radical (unpaired) electrons. The molecule has 5 nitrogen and oxygen atoms in total. The number of para-hydroxylation sites is 1. The van der Waals surface area contributed by atoms with Gasteiger partial charge in [0.25, 0.3) is 0 Å². The van der Waals surface area contributed by atoms with Gasteiger partial charge in [0.1, 0.15) is 11.4 Å². The summed E-state index contributed by atoms with van der Waals surface area (Å²) < 4.78 is 21.8. The van der Waals surface area contributed by atoms with Gasteiger partial charge in [-0.25, -0.2) is 9.82 Å². The van der Waals surface area contributed by atoms with E-state index < -0.39 is 5.91 Å². The Labute approximate surface area is 191 Å². The van der Waals surface area contributed by atoms with Gasteiger partial charge in [-0.2, -0.15) is 5.10 Å². The number of fused-ring (bicyclic) bond motifs is 2. The molecule has 5 rings (SSSR count). The summed E-state index contributed by atoms with van der Waals surface area (Å²) in [6, 6.07) is 21.6. The van der Waals surface area contributed by atoms with Crippen LogP contribution in [-0.4, -0.2) is 16.7 Å². The van der Waals surface area contributed by atoms with Gasteiger partial charge in [-0.1, -0.05) is 46.3 Å². The number of hydrazone groups is 1. The molecule has 0 aliphatic carbocycles. The van der Waals surface area contributed by atoms with Crippen LogP contribution in [0.2, 0.25) is 0 Å². The molecule has 0 unspecified atom stereocenters. The number of furan rings is 1. The molecule has 2 aromatic heterocycles. The lowest BCUT2D eigenvalue weighted by molar-refractivity contribution is 0.0929. The summed E-state index contributed by atoms with van der Waals surface area (Å²) in [5.41, 5.74) is 6.02. The lowest BCUT2D eigenvalue weighted by Gasteiger charge is -2.05. The summed E-state index contributed by atoms with van der Waals surface area (Å²) in [4.78, 5) is 12.5. The molecule has 0 atom stereocenters. The first-order chi connectivity index (χ1) is 15.6. The number of nitrogens with zero attached hydrogens (tertiary/aromatic N) is 2. The molecule has 0 saturated heterocycles. The zero-order valence-electron chi connectivity index (χ0n) is 16.8. The fourth-order valence-corrected chi connectivity index (χ4v) is 4.02. The minimum absolute atomic E-state index is 0.189. The molecule has 5 aromatic rings. The van der Waals surface area contributed by atoms with Gasteiger partial charge >= 0.3 is 5.91 Å². The maximum Gasteiger partial charge on any atom is 0.307 e. The third-order valence-electron chi connectivity index (χ3n) is 5.16. The Morgan fingerprint density at radius 1 is 1.09 bits per heavy atom. The van der Waals surface area contributed by atoms with Crippen molar-refractivity contribution in [3.05, 3.63) is 106 Å². The van der Waals surface area contributed by atoms with Crippen molar-refractivity contribution in [2.45, 2.75) is 6.54 Å². The normalized spacial score (nSPS) is 11.6. The number of rotatable bonds is 5. The monoisotopic (exact) mass is 489 g/mol. The Kier molecular flexibility index (Phi) is 5.33. The van der Waals surface area contributed by atoms with Crippen molar-refractivity contribution < 1.29 is 13.6 Å². The minimum atomic E-state index is -0.427. The first-order valence-electron chi connectivity index (χ1n) is 9.92. The maximum absolute atomic E-state index is 13.2. The molecule has 7 heteroatoms. The highest BCUT2D eigenvalue weighted by molar-refractivity contribution is 9.10. The van der Waals surface area contributed by atoms with Crippen molar-refractivity contribution in [2.75, 3.05) is 0 Å². The van der Waals surface area contributed by atoms with Crippen LogP contribution < -0.4 is 5.43 Å². The summed E-state index contributed by atoms with van der Waals surface area (Å²) in [6.07, 6.45) is 3.57. The second kappa shape index (κ2) is 8.43. The number of halogens is 2. The lowest BCUT2D eigenvalue weighted by Crippen LogP contribution is -2.16. The van der Waals surface area contributed by atoms with Crippen molar-refractivity contribution in [3.63, 3.8) is 0 Å². The average molecular weight is 490 g/mol. The Bertz CT molecular complexity index is 1470. The first-order valence-corrected chi connectivity index (χ1v) is 10.7. The second-order valence-electron chi connectivity index (χ2n) is 7.35. The van der Waals surface area contributed by atoms with Gasteiger partial charge in [-0.05, 0) is 48.0 Å². The standard InChI is InChI=1S/C25H17BrFN3O2/c26-19-7-10-23-17(11-19)12-24(32-23)25(31)29-28-13-18-15-30(22-4-2-1-3-21(18)22)14-16-5-8-20(27)9-6-16/h1-13,15H,14H2,(H,29,31)/b28-13+. The van der Waals surface area contributed by atoms with Crippen LogP contribution in [0.3, 0.4) is 0 Å². The van der Waals surface area contributed by atoms with E-state index in [9.17, 15) is 9.18 Å². The molecule has 158 valence electrons. The van der Waals surface area contributed by atoms with Crippen molar-refractivity contribution in [2.24, 2.45) is 5.10 Å². The van der Waals surface area contributed by atoms with Crippen LogP contribution in [0.4, 0.5) is 4.39 Å². The van der Waals surface area contributed by atoms with Gasteiger partial charge in [-0.15, -0.1) is 0 Å². The third-order valence-corrected chi connectivity index (χ3v) is 5.65. The quantitative estimate of drug-likeness (QED) is 0.239. The number of amides is 1. The van der Waals surface area contributed by atoms with Crippen LogP contribution in [0.5, 0.6) is 0 Å². The number of carbonyl (C=O) groups excluding carboxylic acids is 1. The average Bonchev–Trinajstić information content (AvgIpc) is 3.37. The molecule has 2 heterocycles. The summed E-state index contributed by atoms with van der Waals surface area (Å²) in [5.74, 6) is -0.496. The second-order valence-corrected chi connectivity index (χ2v) is 8.26. The van der Waals surface area contributed by atoms with E-state index in [1.807, 2.05) is 42.6 Å². The van der Waals surface area contributed by atoms with E-state index in [2.05, 4.69) is 31.0 Å². The molecular formula is C25H17BrFN3O2. The lowest BCUT2D eigenvalue weighted by atomic mass is 10.2. The summed E-state index contributed by atoms with van der Waals surface area (Å²) in [5, 5.41) is 5.96. The summed E-state index contributed by atoms with van der Waals surface area (Å²) in [6.45, 7) is 0.593. The highest BCUT2D eigenvalue weighted by Crippen LogP contribution is 2.24. The van der Waals surface area contributed by atoms with E-state index in [1.54, 1.807) is 30.5 Å². The Balaban J connectivity index is 1.37. The van der Waals surface area contributed by atoms with Crippen molar-refractivity contribution in [1.29, 1.82) is 0 Å². The molecule has 0 saturated carbocycles. The smallest absolute Gasteiger partial charge is 0.307 e. The molecule has 0 bridgehead atoms. The Morgan fingerprint density at radius 2 is 1.91 bits per heavy atom. The van der Waals surface area contributed by atoms with Crippen LogP contribution >= 0.6 is 15.9 Å². The van der Waals surface area contributed by atoms with Gasteiger partial charge in [0.05, 0.1) is 6.21 Å². The third kappa shape index (κ3) is 4.07. The molecule has 1 N–H and O–H groups in total. The van der Waals surface area contributed by atoms with Crippen LogP contribution in [0, 0.1) is 5.82 Å². The van der Waals surface area contributed by atoms with Gasteiger partial charge < -0.3 is 8.98 Å². The molecule has 0 fully saturated rings. The van der Waals surface area contributed by atoms with Crippen LogP contribution in [0.1, 0.15) is 21.7 Å². The molecule has 3 aromatic carbocycles. The maximum atomic E-state index is 13.2. The van der Waals surface area contributed by atoms with E-state index in [1.165, 1.54) is 12.1 Å². The number of hydrogen-bond acceptors (Lipinski definition) is 3. The van der Waals surface area contributed by atoms with Gasteiger partial charge in [0.15, 0.2) is 5.76 Å². The zero-order chi connectivity index (χ0) is 22.1. The fraction of sp³-hybridized carbons (Fsp3) is 0.0400. The van der Waals surface area contributed by atoms with E-state index in [4.69, 9.17) is 4.42 Å². The molecule has 32 heavy (non-hydrogen) atoms. The van der Waals surface area contributed by atoms with Crippen molar-refractivity contribution >= 4 is 49.9 Å². The largest absolute Gasteiger partial charge is 0.451 e. The Morgan fingerprint density at radius 3 is 2.75 bits per heavy atom. The summed E-state index contributed by atoms with van der Waals surface area (Å²) >= 11 is 3.41. The molecule has 1 amide bonds. The van der Waals surface area contributed by atoms with Crippen LogP contribution in [0.15, 0.2) is 93.0 Å². The molecule has 0 aliphatic heterocycles. The number of hydrogen-bond donors (Lipinski definition) is 1. The van der Waals surface area contributed by atoms with E-state index in [0.717, 1.165) is 31.9 Å². The topological polar surface area (TPSA) is 59.5 Å². The van der Waals surface area contributed by atoms with Crippen molar-refractivity contribution in [1.82, 2.24) is 9.99 Å². The SMILES string of the molecule is O=C(N/N=C/c1cn(Cc2ccc(F)cc2)c2ccccc12)c1cc2cc(Br)ccc2o1. The summed E-state index contributed by atoms with van der Waals surface area (Å²) in [7, 11) is 0. The number of nitrogens with one attached hydrogen (secondary N) is 1. The predicted molar refractivity (Wildman–Crippen MR) is 126 cm³/mol. The first kappa shape index (κ1) is 20.2. The van der Waals surface area contributed by atoms with Crippen LogP contribution in [0.25, 0.3) is 21.9 Å². The Hall–Kier alpha value is -3.71. The number of aromatic nitrogens is 1. The number of carbonyl (C=O) groups is 1. The fourth-order valence-electron chi connectivity index (χ4n) is 3.64. The van der Waals surface area contributed by atoms with Crippen molar-refractivity contribution in [3.8, 4) is 0 Å². The molecular weight excluding hydrogens is 473 g/mol.